The van der Waals surface area contributed by atoms with Gasteiger partial charge in [-0.2, -0.15) is 0 Å². The summed E-state index contributed by atoms with van der Waals surface area (Å²) < 4.78 is 20.8. The summed E-state index contributed by atoms with van der Waals surface area (Å²) >= 11 is 0. The molecule has 21 heavy (non-hydrogen) atoms. The van der Waals surface area contributed by atoms with Crippen LogP contribution in [0, 0.1) is 5.82 Å². The van der Waals surface area contributed by atoms with Crippen LogP contribution in [0.15, 0.2) is 59.5 Å². The van der Waals surface area contributed by atoms with Crippen LogP contribution in [0.1, 0.15) is 23.2 Å². The molecule has 3 rings (SSSR count). The van der Waals surface area contributed by atoms with Crippen molar-refractivity contribution in [1.82, 2.24) is 14.9 Å². The van der Waals surface area contributed by atoms with Gasteiger partial charge in [-0.1, -0.05) is 12.1 Å². The van der Waals surface area contributed by atoms with E-state index in [9.17, 15) is 4.39 Å². The molecule has 1 atom stereocenters. The summed E-state index contributed by atoms with van der Waals surface area (Å²) in [6.45, 7) is 0.543. The number of furan rings is 1. The highest BCUT2D eigenvalue weighted by Gasteiger charge is 2.18. The van der Waals surface area contributed by atoms with E-state index < -0.39 is 0 Å². The maximum Gasteiger partial charge on any atom is 0.130 e. The number of halogens is 1. The van der Waals surface area contributed by atoms with Gasteiger partial charge in [-0.25, -0.2) is 9.37 Å². The minimum atomic E-state index is -0.258. The van der Waals surface area contributed by atoms with E-state index in [4.69, 9.17) is 4.42 Å². The van der Waals surface area contributed by atoms with Gasteiger partial charge in [0.1, 0.15) is 17.4 Å². The van der Waals surface area contributed by atoms with Crippen LogP contribution in [-0.4, -0.2) is 9.55 Å². The molecule has 108 valence electrons. The number of hydrogen-bond acceptors (Lipinski definition) is 3. The maximum atomic E-state index is 13.5. The van der Waals surface area contributed by atoms with Gasteiger partial charge in [-0.05, 0) is 29.8 Å². The van der Waals surface area contributed by atoms with Crippen molar-refractivity contribution in [3.05, 3.63) is 78.0 Å². The first-order valence-electron chi connectivity index (χ1n) is 6.72. The molecular weight excluding hydrogens is 269 g/mol. The highest BCUT2D eigenvalue weighted by Crippen LogP contribution is 2.21. The lowest BCUT2D eigenvalue weighted by atomic mass is 10.1. The van der Waals surface area contributed by atoms with Crippen LogP contribution in [0.2, 0.25) is 0 Å². The Morgan fingerprint density at radius 2 is 2.24 bits per heavy atom. The predicted molar refractivity (Wildman–Crippen MR) is 77.0 cm³/mol. The lowest BCUT2D eigenvalue weighted by molar-refractivity contribution is 0.458. The minimum Gasteiger partial charge on any atom is -0.468 e. The average Bonchev–Trinajstić information content (AvgIpc) is 3.12. The Morgan fingerprint density at radius 3 is 2.90 bits per heavy atom. The standard InChI is InChI=1S/C16H16FN3O/c1-20-8-7-18-16(20)15(12-4-2-5-13(17)10-12)19-11-14-6-3-9-21-14/h2-10,15,19H,11H2,1H3. The lowest BCUT2D eigenvalue weighted by Crippen LogP contribution is -2.24. The molecule has 1 N–H and O–H groups in total. The molecule has 0 aliphatic carbocycles. The third-order valence-corrected chi connectivity index (χ3v) is 3.36. The Kier molecular flexibility index (Phi) is 3.83. The summed E-state index contributed by atoms with van der Waals surface area (Å²) in [5, 5.41) is 3.37. The topological polar surface area (TPSA) is 43.0 Å². The zero-order valence-corrected chi connectivity index (χ0v) is 11.7. The molecule has 2 aromatic heterocycles. The predicted octanol–water partition coefficient (Wildman–Crippen LogP) is 3.03. The molecule has 2 heterocycles. The summed E-state index contributed by atoms with van der Waals surface area (Å²) in [4.78, 5) is 4.37. The molecular formula is C16H16FN3O. The fourth-order valence-corrected chi connectivity index (χ4v) is 2.32. The summed E-state index contributed by atoms with van der Waals surface area (Å²) in [6, 6.07) is 10.1. The fraction of sp³-hybridized carbons (Fsp3) is 0.188. The Bertz CT molecular complexity index is 706. The number of nitrogens with zero attached hydrogens (tertiary/aromatic N) is 2. The molecule has 3 aromatic rings. The van der Waals surface area contributed by atoms with Crippen molar-refractivity contribution < 1.29 is 8.81 Å². The zero-order valence-electron chi connectivity index (χ0n) is 11.7. The van der Waals surface area contributed by atoms with Crippen molar-refractivity contribution >= 4 is 0 Å². The van der Waals surface area contributed by atoms with Gasteiger partial charge in [-0.3, -0.25) is 5.32 Å². The Hall–Kier alpha value is -2.40. The smallest absolute Gasteiger partial charge is 0.130 e. The Balaban J connectivity index is 1.89. The number of imidazole rings is 1. The number of aromatic nitrogens is 2. The van der Waals surface area contributed by atoms with E-state index in [1.165, 1.54) is 12.1 Å². The van der Waals surface area contributed by atoms with Crippen LogP contribution < -0.4 is 5.32 Å². The number of hydrogen-bond donors (Lipinski definition) is 1. The molecule has 5 heteroatoms. The fourth-order valence-electron chi connectivity index (χ4n) is 2.32. The number of aryl methyl sites for hydroxylation is 1. The molecule has 0 bridgehead atoms. The number of rotatable bonds is 5. The van der Waals surface area contributed by atoms with Crippen LogP contribution in [0.4, 0.5) is 4.39 Å². The lowest BCUT2D eigenvalue weighted by Gasteiger charge is -2.18. The molecule has 0 saturated carbocycles. The van der Waals surface area contributed by atoms with Crippen molar-refractivity contribution in [2.75, 3.05) is 0 Å². The SMILES string of the molecule is Cn1ccnc1C(NCc1ccco1)c1cccc(F)c1. The van der Waals surface area contributed by atoms with Crippen LogP contribution in [0.5, 0.6) is 0 Å². The van der Waals surface area contributed by atoms with Crippen LogP contribution in [0.25, 0.3) is 0 Å². The van der Waals surface area contributed by atoms with E-state index in [2.05, 4.69) is 10.3 Å². The van der Waals surface area contributed by atoms with Crippen molar-refractivity contribution in [3.63, 3.8) is 0 Å². The number of benzene rings is 1. The minimum absolute atomic E-state index is 0.203. The van der Waals surface area contributed by atoms with Gasteiger partial charge in [0.15, 0.2) is 0 Å². The molecule has 0 saturated heterocycles. The molecule has 4 nitrogen and oxygen atoms in total. The summed E-state index contributed by atoms with van der Waals surface area (Å²) in [6.07, 6.45) is 5.24. The van der Waals surface area contributed by atoms with Crippen molar-refractivity contribution in [3.8, 4) is 0 Å². The normalized spacial score (nSPS) is 12.5. The van der Waals surface area contributed by atoms with Gasteiger partial charge in [0.25, 0.3) is 0 Å². The molecule has 0 aliphatic heterocycles. The van der Waals surface area contributed by atoms with Crippen molar-refractivity contribution in [2.24, 2.45) is 7.05 Å². The highest BCUT2D eigenvalue weighted by molar-refractivity contribution is 5.26. The second-order valence-corrected chi connectivity index (χ2v) is 4.84. The molecule has 0 amide bonds. The molecule has 0 aliphatic rings. The molecule has 0 spiro atoms. The quantitative estimate of drug-likeness (QED) is 0.783. The van der Waals surface area contributed by atoms with Crippen LogP contribution in [0.3, 0.4) is 0 Å². The maximum absolute atomic E-state index is 13.5. The van der Waals surface area contributed by atoms with Crippen molar-refractivity contribution in [1.29, 1.82) is 0 Å². The monoisotopic (exact) mass is 285 g/mol. The van der Waals surface area contributed by atoms with E-state index in [0.717, 1.165) is 17.1 Å². The number of nitrogens with one attached hydrogen (secondary N) is 1. The van der Waals surface area contributed by atoms with E-state index >= 15 is 0 Å². The first-order chi connectivity index (χ1) is 10.2. The summed E-state index contributed by atoms with van der Waals surface area (Å²) in [7, 11) is 1.92. The molecule has 1 aromatic carbocycles. The van der Waals surface area contributed by atoms with Gasteiger partial charge < -0.3 is 8.98 Å². The summed E-state index contributed by atoms with van der Waals surface area (Å²) in [5.74, 6) is 1.39. The van der Waals surface area contributed by atoms with Gasteiger partial charge in [0.05, 0.1) is 18.8 Å². The van der Waals surface area contributed by atoms with Gasteiger partial charge >= 0.3 is 0 Å². The average molecular weight is 285 g/mol. The zero-order chi connectivity index (χ0) is 14.7. The third kappa shape index (κ3) is 3.03. The van der Waals surface area contributed by atoms with Crippen LogP contribution >= 0.6 is 0 Å². The first kappa shape index (κ1) is 13.6. The van der Waals surface area contributed by atoms with Gasteiger partial charge in [0.2, 0.25) is 0 Å². The van der Waals surface area contributed by atoms with E-state index in [0.29, 0.717) is 6.54 Å². The summed E-state index contributed by atoms with van der Waals surface area (Å²) in [5.41, 5.74) is 0.829. The highest BCUT2D eigenvalue weighted by atomic mass is 19.1. The third-order valence-electron chi connectivity index (χ3n) is 3.36. The van der Waals surface area contributed by atoms with Crippen LogP contribution in [-0.2, 0) is 13.6 Å². The second kappa shape index (κ2) is 5.93. The van der Waals surface area contributed by atoms with Gasteiger partial charge in [-0.15, -0.1) is 0 Å². The van der Waals surface area contributed by atoms with E-state index in [1.54, 1.807) is 18.5 Å². The second-order valence-electron chi connectivity index (χ2n) is 4.84. The molecule has 1 unspecified atom stereocenters. The Morgan fingerprint density at radius 1 is 1.33 bits per heavy atom. The van der Waals surface area contributed by atoms with E-state index in [-0.39, 0.29) is 11.9 Å². The molecule has 0 radical (unpaired) electrons. The molecule has 0 fully saturated rings. The first-order valence-corrected chi connectivity index (χ1v) is 6.72. The van der Waals surface area contributed by atoms with Crippen molar-refractivity contribution in [2.45, 2.75) is 12.6 Å². The Labute approximate surface area is 122 Å². The van der Waals surface area contributed by atoms with Gasteiger partial charge in [0, 0.05) is 19.4 Å². The van der Waals surface area contributed by atoms with E-state index in [1.807, 2.05) is 36.0 Å². The largest absolute Gasteiger partial charge is 0.468 e.